The fraction of sp³-hybridized carbons (Fsp3) is 0.957. The van der Waals surface area contributed by atoms with Crippen LogP contribution in [-0.4, -0.2) is 22.6 Å². The zero-order valence-corrected chi connectivity index (χ0v) is 35.7. The van der Waals surface area contributed by atoms with Crippen LogP contribution in [0.2, 0.25) is 0 Å². The molecule has 0 bridgehead atoms. The third-order valence-corrected chi connectivity index (χ3v) is 11.3. The second-order valence-corrected chi connectivity index (χ2v) is 17.6. The van der Waals surface area contributed by atoms with Crippen LogP contribution in [0.15, 0.2) is 0 Å². The molecule has 0 spiro atoms. The van der Waals surface area contributed by atoms with Crippen LogP contribution in [0, 0.1) is 17.8 Å². The highest BCUT2D eigenvalue weighted by Gasteiger charge is 2.38. The Morgan fingerprint density at radius 3 is 1.02 bits per heavy atom. The molecule has 2 unspecified atom stereocenters. The van der Waals surface area contributed by atoms with Crippen molar-refractivity contribution in [1.29, 1.82) is 0 Å². The maximum absolute atomic E-state index is 13.4. The van der Waals surface area contributed by atoms with Gasteiger partial charge in [0.05, 0.1) is 5.92 Å². The average molecular weight is 721 g/mol. The van der Waals surface area contributed by atoms with E-state index in [2.05, 4.69) is 34.6 Å². The molecule has 0 saturated heterocycles. The molecule has 0 aliphatic rings. The lowest BCUT2D eigenvalue weighted by Crippen LogP contribution is -2.42. The van der Waals surface area contributed by atoms with Crippen molar-refractivity contribution >= 4 is 11.9 Å². The van der Waals surface area contributed by atoms with E-state index in [1.165, 1.54) is 161 Å². The van der Waals surface area contributed by atoms with Crippen LogP contribution in [0.4, 0.5) is 0 Å². The summed E-state index contributed by atoms with van der Waals surface area (Å²) in [4.78, 5) is 25.7. The van der Waals surface area contributed by atoms with Gasteiger partial charge in [0.15, 0.2) is 0 Å². The molecule has 0 rings (SSSR count). The Bertz CT molecular complexity index is 761. The van der Waals surface area contributed by atoms with Crippen molar-refractivity contribution in [2.75, 3.05) is 0 Å². The first-order chi connectivity index (χ1) is 24.6. The Morgan fingerprint density at radius 1 is 0.451 bits per heavy atom. The van der Waals surface area contributed by atoms with Crippen LogP contribution in [0.1, 0.15) is 266 Å². The third kappa shape index (κ3) is 33.3. The standard InChI is InChI=1S/C47H92O4/c1-7-8-9-34-39-44(40-35-30-26-22-18-14-10-12-16-20-24-28-32-37-42(2)3)45(48)51-47(6,46(49)50)41-36-31-27-23-19-15-11-13-17-21-25-29-33-38-43(4)5/h42-44H,7-41H2,1-6H3,(H,49,50). The van der Waals surface area contributed by atoms with Crippen LogP contribution in [0.25, 0.3) is 0 Å². The molecule has 0 aliphatic carbocycles. The first-order valence-corrected chi connectivity index (χ1v) is 23.1. The van der Waals surface area contributed by atoms with Crippen molar-refractivity contribution in [3.63, 3.8) is 0 Å². The zero-order valence-electron chi connectivity index (χ0n) is 35.7. The summed E-state index contributed by atoms with van der Waals surface area (Å²) in [6, 6.07) is 0. The van der Waals surface area contributed by atoms with E-state index in [0.717, 1.165) is 69.6 Å². The number of carbonyl (C=O) groups excluding carboxylic acids is 1. The minimum atomic E-state index is -1.42. The molecular weight excluding hydrogens is 629 g/mol. The Balaban J connectivity index is 4.23. The lowest BCUT2D eigenvalue weighted by Gasteiger charge is -2.28. The molecule has 0 aromatic rings. The maximum Gasteiger partial charge on any atom is 0.347 e. The van der Waals surface area contributed by atoms with Crippen molar-refractivity contribution in [2.45, 2.75) is 272 Å². The Morgan fingerprint density at radius 2 is 0.725 bits per heavy atom. The van der Waals surface area contributed by atoms with Crippen molar-refractivity contribution in [1.82, 2.24) is 0 Å². The zero-order chi connectivity index (χ0) is 37.8. The van der Waals surface area contributed by atoms with Gasteiger partial charge in [0.2, 0.25) is 5.60 Å². The van der Waals surface area contributed by atoms with E-state index in [1.807, 2.05) is 0 Å². The van der Waals surface area contributed by atoms with E-state index >= 15 is 0 Å². The van der Waals surface area contributed by atoms with E-state index < -0.39 is 11.6 Å². The second kappa shape index (κ2) is 35.9. The number of aliphatic carboxylic acids is 1. The van der Waals surface area contributed by atoms with Crippen LogP contribution >= 0.6 is 0 Å². The topological polar surface area (TPSA) is 63.6 Å². The summed E-state index contributed by atoms with van der Waals surface area (Å²) < 4.78 is 5.88. The molecule has 0 heterocycles. The molecule has 1 N–H and O–H groups in total. The highest BCUT2D eigenvalue weighted by atomic mass is 16.6. The highest BCUT2D eigenvalue weighted by molar-refractivity contribution is 5.82. The summed E-state index contributed by atoms with van der Waals surface area (Å²) in [6.45, 7) is 13.1. The number of carboxylic acid groups (broad SMARTS) is 1. The van der Waals surface area contributed by atoms with Crippen molar-refractivity contribution < 1.29 is 19.4 Å². The van der Waals surface area contributed by atoms with Gasteiger partial charge >= 0.3 is 11.9 Å². The monoisotopic (exact) mass is 721 g/mol. The normalized spacial score (nSPS) is 13.6. The molecule has 0 aromatic carbocycles. The van der Waals surface area contributed by atoms with E-state index in [1.54, 1.807) is 6.92 Å². The molecule has 0 radical (unpaired) electrons. The predicted octanol–water partition coefficient (Wildman–Crippen LogP) is 16.0. The van der Waals surface area contributed by atoms with Gasteiger partial charge in [0, 0.05) is 0 Å². The summed E-state index contributed by atoms with van der Waals surface area (Å²) in [5, 5.41) is 10.1. The number of carbonyl (C=O) groups is 2. The van der Waals surface area contributed by atoms with E-state index in [-0.39, 0.29) is 11.9 Å². The summed E-state index contributed by atoms with van der Waals surface area (Å²) in [5.41, 5.74) is -1.42. The second-order valence-electron chi connectivity index (χ2n) is 17.6. The van der Waals surface area contributed by atoms with Crippen LogP contribution in [-0.2, 0) is 14.3 Å². The van der Waals surface area contributed by atoms with Crippen LogP contribution < -0.4 is 0 Å². The third-order valence-electron chi connectivity index (χ3n) is 11.3. The molecule has 0 saturated carbocycles. The number of ether oxygens (including phenoxy) is 1. The summed E-state index contributed by atoms with van der Waals surface area (Å²) in [6.07, 6.45) is 43.0. The molecule has 4 nitrogen and oxygen atoms in total. The summed E-state index contributed by atoms with van der Waals surface area (Å²) in [5.74, 6) is 0.251. The number of esters is 1. The molecule has 0 fully saturated rings. The fourth-order valence-electron chi connectivity index (χ4n) is 7.55. The summed E-state index contributed by atoms with van der Waals surface area (Å²) in [7, 11) is 0. The summed E-state index contributed by atoms with van der Waals surface area (Å²) >= 11 is 0. The lowest BCUT2D eigenvalue weighted by molar-refractivity contribution is -0.181. The van der Waals surface area contributed by atoms with E-state index in [9.17, 15) is 14.7 Å². The Labute approximate surface area is 320 Å². The molecule has 304 valence electrons. The molecule has 51 heavy (non-hydrogen) atoms. The first-order valence-electron chi connectivity index (χ1n) is 23.1. The largest absolute Gasteiger partial charge is 0.478 e. The number of hydrogen-bond donors (Lipinski definition) is 1. The van der Waals surface area contributed by atoms with Crippen molar-refractivity contribution in [3.05, 3.63) is 0 Å². The van der Waals surface area contributed by atoms with Gasteiger partial charge in [-0.15, -0.1) is 0 Å². The van der Waals surface area contributed by atoms with Gasteiger partial charge in [0.1, 0.15) is 0 Å². The van der Waals surface area contributed by atoms with E-state index in [4.69, 9.17) is 4.74 Å². The number of unbranched alkanes of at least 4 members (excludes halogenated alkanes) is 27. The molecule has 0 aromatic heterocycles. The van der Waals surface area contributed by atoms with Crippen molar-refractivity contribution in [3.8, 4) is 0 Å². The minimum absolute atomic E-state index is 0.171. The smallest absolute Gasteiger partial charge is 0.347 e. The SMILES string of the molecule is CCCCCCC(CCCCCCCCCCCCCCCC(C)C)C(=O)OC(C)(CCCCCCCCCCCCCCCC(C)C)C(=O)O. The van der Waals surface area contributed by atoms with Crippen molar-refractivity contribution in [2.24, 2.45) is 17.8 Å². The lowest BCUT2D eigenvalue weighted by atomic mass is 9.93. The quantitative estimate of drug-likeness (QED) is 0.0505. The van der Waals surface area contributed by atoms with Gasteiger partial charge in [-0.3, -0.25) is 4.79 Å². The molecule has 0 aliphatic heterocycles. The Hall–Kier alpha value is -1.06. The Kier molecular flexibility index (Phi) is 35.2. The number of hydrogen-bond acceptors (Lipinski definition) is 3. The fourth-order valence-corrected chi connectivity index (χ4v) is 7.55. The predicted molar refractivity (Wildman–Crippen MR) is 223 cm³/mol. The van der Waals surface area contributed by atoms with Gasteiger partial charge in [-0.05, 0) is 44.4 Å². The molecular formula is C47H92O4. The number of rotatable bonds is 40. The highest BCUT2D eigenvalue weighted by Crippen LogP contribution is 2.27. The van der Waals surface area contributed by atoms with Gasteiger partial charge < -0.3 is 9.84 Å². The van der Waals surface area contributed by atoms with Crippen LogP contribution in [0.5, 0.6) is 0 Å². The van der Waals surface area contributed by atoms with E-state index in [0.29, 0.717) is 6.42 Å². The van der Waals surface area contributed by atoms with Gasteiger partial charge in [-0.1, -0.05) is 234 Å². The molecule has 0 amide bonds. The van der Waals surface area contributed by atoms with Gasteiger partial charge in [-0.2, -0.15) is 0 Å². The molecule has 2 atom stereocenters. The van der Waals surface area contributed by atoms with Crippen LogP contribution in [0.3, 0.4) is 0 Å². The first kappa shape index (κ1) is 49.9. The average Bonchev–Trinajstić information content (AvgIpc) is 3.08. The van der Waals surface area contributed by atoms with Gasteiger partial charge in [-0.25, -0.2) is 4.79 Å². The maximum atomic E-state index is 13.4. The number of carboxylic acids is 1. The molecule has 4 heteroatoms. The van der Waals surface area contributed by atoms with Gasteiger partial charge in [0.25, 0.3) is 0 Å². The minimum Gasteiger partial charge on any atom is -0.478 e.